The number of aryl methyl sites for hydroxylation is 1. The Bertz CT molecular complexity index is 364. The molecule has 1 atom stereocenters. The number of likely N-dealkylation sites (tertiary alicyclic amines) is 1. The second kappa shape index (κ2) is 7.63. The van der Waals surface area contributed by atoms with Gasteiger partial charge in [-0.25, -0.2) is 0 Å². The van der Waals surface area contributed by atoms with E-state index < -0.39 is 0 Å². The van der Waals surface area contributed by atoms with Crippen LogP contribution in [0.3, 0.4) is 0 Å². The SMILES string of the molecule is COCCNCC1CCCN1Cc1ccc(C)cc1. The van der Waals surface area contributed by atoms with Crippen LogP contribution >= 0.6 is 0 Å². The minimum atomic E-state index is 0.679. The first-order valence-corrected chi connectivity index (χ1v) is 7.29. The first-order valence-electron chi connectivity index (χ1n) is 7.29. The number of hydrogen-bond donors (Lipinski definition) is 1. The molecule has 106 valence electrons. The molecule has 2 rings (SSSR count). The van der Waals surface area contributed by atoms with Gasteiger partial charge in [-0.1, -0.05) is 29.8 Å². The third-order valence-corrected chi connectivity index (χ3v) is 3.87. The first kappa shape index (κ1) is 14.5. The second-order valence-corrected chi connectivity index (χ2v) is 5.45. The van der Waals surface area contributed by atoms with Crippen molar-refractivity contribution >= 4 is 0 Å². The average Bonchev–Trinajstić information content (AvgIpc) is 2.85. The van der Waals surface area contributed by atoms with E-state index in [9.17, 15) is 0 Å². The minimum Gasteiger partial charge on any atom is -0.383 e. The predicted molar refractivity (Wildman–Crippen MR) is 79.4 cm³/mol. The fourth-order valence-corrected chi connectivity index (χ4v) is 2.71. The molecule has 1 aliphatic rings. The molecular weight excluding hydrogens is 236 g/mol. The minimum absolute atomic E-state index is 0.679. The molecule has 0 radical (unpaired) electrons. The van der Waals surface area contributed by atoms with Crippen molar-refractivity contribution in [1.82, 2.24) is 10.2 Å². The van der Waals surface area contributed by atoms with Crippen LogP contribution in [0.15, 0.2) is 24.3 Å². The number of hydrogen-bond acceptors (Lipinski definition) is 3. The van der Waals surface area contributed by atoms with Gasteiger partial charge in [0.05, 0.1) is 6.61 Å². The number of nitrogens with one attached hydrogen (secondary N) is 1. The van der Waals surface area contributed by atoms with E-state index in [0.717, 1.165) is 26.2 Å². The van der Waals surface area contributed by atoms with Crippen molar-refractivity contribution in [3.63, 3.8) is 0 Å². The van der Waals surface area contributed by atoms with E-state index >= 15 is 0 Å². The maximum atomic E-state index is 5.06. The van der Waals surface area contributed by atoms with Crippen LogP contribution in [-0.2, 0) is 11.3 Å². The number of nitrogens with zero attached hydrogens (tertiary/aromatic N) is 1. The van der Waals surface area contributed by atoms with Crippen molar-refractivity contribution < 1.29 is 4.74 Å². The Morgan fingerprint density at radius 3 is 2.84 bits per heavy atom. The Labute approximate surface area is 116 Å². The fourth-order valence-electron chi connectivity index (χ4n) is 2.71. The van der Waals surface area contributed by atoms with Crippen molar-refractivity contribution in [2.45, 2.75) is 32.4 Å². The third kappa shape index (κ3) is 4.60. The molecule has 0 aromatic heterocycles. The summed E-state index contributed by atoms with van der Waals surface area (Å²) < 4.78 is 5.06. The van der Waals surface area contributed by atoms with Crippen LogP contribution in [-0.4, -0.2) is 44.3 Å². The van der Waals surface area contributed by atoms with E-state index in [2.05, 4.69) is 41.4 Å². The molecule has 1 unspecified atom stereocenters. The van der Waals surface area contributed by atoms with Crippen molar-refractivity contribution in [2.24, 2.45) is 0 Å². The van der Waals surface area contributed by atoms with Gasteiger partial charge in [0.1, 0.15) is 0 Å². The van der Waals surface area contributed by atoms with E-state index in [1.54, 1.807) is 7.11 Å². The molecule has 0 saturated carbocycles. The fraction of sp³-hybridized carbons (Fsp3) is 0.625. The van der Waals surface area contributed by atoms with Crippen LogP contribution in [0.1, 0.15) is 24.0 Å². The summed E-state index contributed by atoms with van der Waals surface area (Å²) in [6, 6.07) is 9.60. The molecule has 0 amide bonds. The number of ether oxygens (including phenoxy) is 1. The molecule has 1 aromatic rings. The van der Waals surface area contributed by atoms with Gasteiger partial charge in [-0.2, -0.15) is 0 Å². The molecule has 1 fully saturated rings. The normalized spacial score (nSPS) is 20.0. The van der Waals surface area contributed by atoms with E-state index in [0.29, 0.717) is 6.04 Å². The largest absolute Gasteiger partial charge is 0.383 e. The zero-order chi connectivity index (χ0) is 13.5. The second-order valence-electron chi connectivity index (χ2n) is 5.45. The molecule has 3 heteroatoms. The van der Waals surface area contributed by atoms with Gasteiger partial charge < -0.3 is 10.1 Å². The van der Waals surface area contributed by atoms with Crippen molar-refractivity contribution in [3.8, 4) is 0 Å². The number of methoxy groups -OCH3 is 1. The monoisotopic (exact) mass is 262 g/mol. The van der Waals surface area contributed by atoms with E-state index in [1.807, 2.05) is 0 Å². The van der Waals surface area contributed by atoms with Crippen LogP contribution < -0.4 is 5.32 Å². The van der Waals surface area contributed by atoms with Crippen molar-refractivity contribution in [1.29, 1.82) is 0 Å². The Kier molecular flexibility index (Phi) is 5.83. The third-order valence-electron chi connectivity index (χ3n) is 3.87. The Balaban J connectivity index is 1.79. The van der Waals surface area contributed by atoms with Gasteiger partial charge in [-0.05, 0) is 31.9 Å². The summed E-state index contributed by atoms with van der Waals surface area (Å²) in [6.45, 7) is 7.27. The molecule has 1 aliphatic heterocycles. The molecule has 0 bridgehead atoms. The number of rotatable bonds is 7. The molecular formula is C16H26N2O. The summed E-state index contributed by atoms with van der Waals surface area (Å²) in [5.41, 5.74) is 2.76. The van der Waals surface area contributed by atoms with Gasteiger partial charge in [0.2, 0.25) is 0 Å². The molecule has 0 aliphatic carbocycles. The highest BCUT2D eigenvalue weighted by atomic mass is 16.5. The summed E-state index contributed by atoms with van der Waals surface area (Å²) in [5.74, 6) is 0. The molecule has 1 heterocycles. The Morgan fingerprint density at radius 1 is 1.32 bits per heavy atom. The molecule has 1 aromatic carbocycles. The average molecular weight is 262 g/mol. The topological polar surface area (TPSA) is 24.5 Å². The van der Waals surface area contributed by atoms with Gasteiger partial charge in [-0.15, -0.1) is 0 Å². The summed E-state index contributed by atoms with van der Waals surface area (Å²) >= 11 is 0. The highest BCUT2D eigenvalue weighted by molar-refractivity contribution is 5.21. The van der Waals surface area contributed by atoms with Gasteiger partial charge in [-0.3, -0.25) is 4.90 Å². The summed E-state index contributed by atoms with van der Waals surface area (Å²) in [5, 5.41) is 3.49. The van der Waals surface area contributed by atoms with Crippen LogP contribution in [0.4, 0.5) is 0 Å². The van der Waals surface area contributed by atoms with Gasteiger partial charge >= 0.3 is 0 Å². The Morgan fingerprint density at radius 2 is 2.11 bits per heavy atom. The molecule has 3 nitrogen and oxygen atoms in total. The van der Waals surface area contributed by atoms with Gasteiger partial charge in [0.15, 0.2) is 0 Å². The van der Waals surface area contributed by atoms with Gasteiger partial charge in [0.25, 0.3) is 0 Å². The predicted octanol–water partition coefficient (Wildman–Crippen LogP) is 2.20. The zero-order valence-corrected chi connectivity index (χ0v) is 12.2. The maximum Gasteiger partial charge on any atom is 0.0587 e. The van der Waals surface area contributed by atoms with Crippen molar-refractivity contribution in [3.05, 3.63) is 35.4 Å². The molecule has 1 saturated heterocycles. The molecule has 1 N–H and O–H groups in total. The number of benzene rings is 1. The first-order chi connectivity index (χ1) is 9.29. The lowest BCUT2D eigenvalue weighted by Crippen LogP contribution is -2.38. The lowest BCUT2D eigenvalue weighted by molar-refractivity contribution is 0.191. The highest BCUT2D eigenvalue weighted by Crippen LogP contribution is 2.19. The summed E-state index contributed by atoms with van der Waals surface area (Å²) in [4.78, 5) is 2.60. The Hall–Kier alpha value is -0.900. The summed E-state index contributed by atoms with van der Waals surface area (Å²) in [6.07, 6.45) is 2.63. The summed E-state index contributed by atoms with van der Waals surface area (Å²) in [7, 11) is 1.75. The van der Waals surface area contributed by atoms with Crippen LogP contribution in [0.5, 0.6) is 0 Å². The van der Waals surface area contributed by atoms with E-state index in [-0.39, 0.29) is 0 Å². The van der Waals surface area contributed by atoms with Crippen LogP contribution in [0.2, 0.25) is 0 Å². The van der Waals surface area contributed by atoms with Crippen LogP contribution in [0.25, 0.3) is 0 Å². The van der Waals surface area contributed by atoms with Crippen LogP contribution in [0, 0.1) is 6.92 Å². The van der Waals surface area contributed by atoms with E-state index in [1.165, 1.54) is 30.5 Å². The maximum absolute atomic E-state index is 5.06. The molecule has 0 spiro atoms. The lowest BCUT2D eigenvalue weighted by Gasteiger charge is -2.25. The van der Waals surface area contributed by atoms with E-state index in [4.69, 9.17) is 4.74 Å². The quantitative estimate of drug-likeness (QED) is 0.762. The highest BCUT2D eigenvalue weighted by Gasteiger charge is 2.23. The van der Waals surface area contributed by atoms with Crippen molar-refractivity contribution in [2.75, 3.05) is 33.4 Å². The molecule has 19 heavy (non-hydrogen) atoms. The zero-order valence-electron chi connectivity index (χ0n) is 12.2. The smallest absolute Gasteiger partial charge is 0.0587 e. The van der Waals surface area contributed by atoms with Gasteiger partial charge in [0, 0.05) is 32.8 Å². The lowest BCUT2D eigenvalue weighted by atomic mass is 10.1. The standard InChI is InChI=1S/C16H26N2O/c1-14-5-7-15(8-6-14)13-18-10-3-4-16(18)12-17-9-11-19-2/h5-8,16-17H,3-4,9-13H2,1-2H3.